The van der Waals surface area contributed by atoms with Crippen molar-refractivity contribution >= 4 is 36.4 Å². The van der Waals surface area contributed by atoms with Crippen LogP contribution < -0.4 is 0 Å². The molecule has 53 heavy (non-hydrogen) atoms. The van der Waals surface area contributed by atoms with Crippen LogP contribution in [0.2, 0.25) is 5.02 Å². The summed E-state index contributed by atoms with van der Waals surface area (Å²) in [5.74, 6) is 0. The Morgan fingerprint density at radius 3 is 1.45 bits per heavy atom. The van der Waals surface area contributed by atoms with Crippen LogP contribution in [0.1, 0.15) is 70.2 Å². The van der Waals surface area contributed by atoms with E-state index in [0.717, 1.165) is 11.4 Å². The molecular formula is C51H47ClZr. The maximum atomic E-state index is 5.97. The summed E-state index contributed by atoms with van der Waals surface area (Å²) in [6.07, 6.45) is 10.0. The van der Waals surface area contributed by atoms with Gasteiger partial charge >= 0.3 is 110 Å². The van der Waals surface area contributed by atoms with Crippen molar-refractivity contribution in [3.63, 3.8) is 0 Å². The first-order valence-electron chi connectivity index (χ1n) is 18.3. The van der Waals surface area contributed by atoms with Gasteiger partial charge in [0.15, 0.2) is 0 Å². The average molecular weight is 787 g/mol. The minimum absolute atomic E-state index is 0.0554. The first kappa shape index (κ1) is 38.4. The molecule has 0 unspecified atom stereocenters. The Bertz CT molecular complexity index is 2260. The van der Waals surface area contributed by atoms with Crippen LogP contribution >= 0.6 is 11.6 Å². The average Bonchev–Trinajstić information content (AvgIpc) is 3.86. The van der Waals surface area contributed by atoms with Gasteiger partial charge in [0.2, 0.25) is 0 Å². The quantitative estimate of drug-likeness (QED) is 0.156. The Morgan fingerprint density at radius 1 is 0.585 bits per heavy atom. The molecule has 1 aliphatic carbocycles. The third-order valence-electron chi connectivity index (χ3n) is 9.53. The SMILES string of the molecule is CC(C)(C)c1cc2c(cc1-c1ccccc1)[cH-]c1cc(-c3ccccc3)c(C(C)(C)C)cc12.Clc1cccc([C](=[Zr+2])c2ccccc2)c1.[C-]1=CC=CC1. The Hall–Kier alpha value is -4.29. The number of hydrogen-bond acceptors (Lipinski definition) is 0. The molecule has 262 valence electrons. The van der Waals surface area contributed by atoms with E-state index in [1.165, 1.54) is 93.5 Å². The fraction of sp³-hybridized carbons (Fsp3) is 0.176. The smallest absolute Gasteiger partial charge is 0.109 e. The van der Waals surface area contributed by atoms with E-state index >= 15 is 0 Å². The topological polar surface area (TPSA) is 0 Å². The van der Waals surface area contributed by atoms with E-state index in [0.29, 0.717) is 0 Å². The van der Waals surface area contributed by atoms with Gasteiger partial charge < -0.3 is 0 Å². The molecule has 0 aromatic heterocycles. The van der Waals surface area contributed by atoms with Gasteiger partial charge in [-0.1, -0.05) is 114 Å². The largest absolute Gasteiger partial charge is 0.273 e. The molecule has 2 heteroatoms. The van der Waals surface area contributed by atoms with Crippen molar-refractivity contribution in [2.75, 3.05) is 0 Å². The van der Waals surface area contributed by atoms with E-state index in [1.807, 2.05) is 36.4 Å². The Labute approximate surface area is 336 Å². The van der Waals surface area contributed by atoms with Crippen LogP contribution in [-0.2, 0) is 35.1 Å². The number of allylic oxidation sites excluding steroid dienone is 4. The molecule has 0 aliphatic heterocycles. The first-order chi connectivity index (χ1) is 25.4. The Kier molecular flexibility index (Phi) is 12.2. The van der Waals surface area contributed by atoms with Gasteiger partial charge in [-0.3, -0.25) is 6.08 Å². The van der Waals surface area contributed by atoms with Gasteiger partial charge in [0.25, 0.3) is 0 Å². The molecule has 0 fully saturated rings. The van der Waals surface area contributed by atoms with Crippen LogP contribution in [0.25, 0.3) is 43.8 Å². The predicted octanol–water partition coefficient (Wildman–Crippen LogP) is 14.4. The van der Waals surface area contributed by atoms with Crippen molar-refractivity contribution in [1.82, 2.24) is 0 Å². The second-order valence-electron chi connectivity index (χ2n) is 15.6. The van der Waals surface area contributed by atoms with Crippen molar-refractivity contribution in [1.29, 1.82) is 0 Å². The van der Waals surface area contributed by atoms with Crippen molar-refractivity contribution in [2.24, 2.45) is 0 Å². The summed E-state index contributed by atoms with van der Waals surface area (Å²) < 4.78 is 1.34. The Balaban J connectivity index is 0.000000197. The van der Waals surface area contributed by atoms with Gasteiger partial charge in [-0.2, -0.15) is 6.08 Å². The molecular weight excluding hydrogens is 739 g/mol. The van der Waals surface area contributed by atoms with E-state index in [2.05, 4.69) is 175 Å². The Morgan fingerprint density at radius 2 is 1.06 bits per heavy atom. The molecule has 0 atom stereocenters. The maximum absolute atomic E-state index is 5.97. The monoisotopic (exact) mass is 784 g/mol. The molecule has 0 saturated heterocycles. The van der Waals surface area contributed by atoms with Gasteiger partial charge in [-0.15, -0.1) is 46.2 Å². The van der Waals surface area contributed by atoms with Crippen molar-refractivity contribution < 1.29 is 24.2 Å². The number of benzene rings is 6. The maximum Gasteiger partial charge on any atom is -0.109 e. The second-order valence-corrected chi connectivity index (χ2v) is 17.3. The normalized spacial score (nSPS) is 12.3. The first-order valence-corrected chi connectivity index (χ1v) is 20.0. The molecule has 0 spiro atoms. The van der Waals surface area contributed by atoms with Crippen LogP contribution in [0.15, 0.2) is 164 Å². The molecule has 0 heterocycles. The molecule has 7 aromatic rings. The molecule has 0 nitrogen and oxygen atoms in total. The standard InChI is InChI=1S/C33H33.C13H9Cl.C5H5.Zr/c1-32(2,3)30-20-26-24(18-28(30)22-13-9-7-10-14-22)17-25-19-29(23-15-11-8-12-16-23)31(21-27(25)26)33(4,5)6;14-13-8-4-7-12(10-13)9-11-5-2-1-3-6-11;1-2-4-5-3-1;/h7-21H,1-6H3;1-8,10H;1-3H,4H2;/q-1;;-1;+2. The van der Waals surface area contributed by atoms with Gasteiger partial charge in [-0.05, 0) is 44.2 Å². The van der Waals surface area contributed by atoms with Crippen LogP contribution in [0.3, 0.4) is 0 Å². The van der Waals surface area contributed by atoms with Crippen molar-refractivity contribution in [2.45, 2.75) is 58.8 Å². The number of hydrogen-bond donors (Lipinski definition) is 0. The molecule has 8 rings (SSSR count). The minimum Gasteiger partial charge on any atom is -0.273 e. The van der Waals surface area contributed by atoms with Gasteiger partial charge in [0.05, 0.1) is 0 Å². The zero-order chi connectivity index (χ0) is 37.6. The van der Waals surface area contributed by atoms with E-state index in [-0.39, 0.29) is 10.8 Å². The zero-order valence-corrected chi connectivity index (χ0v) is 34.9. The molecule has 0 saturated carbocycles. The molecule has 0 N–H and O–H groups in total. The van der Waals surface area contributed by atoms with Crippen LogP contribution in [-0.4, -0.2) is 3.21 Å². The molecule has 0 amide bonds. The van der Waals surface area contributed by atoms with E-state index in [1.54, 1.807) is 0 Å². The zero-order valence-electron chi connectivity index (χ0n) is 31.7. The van der Waals surface area contributed by atoms with Crippen LogP contribution in [0.4, 0.5) is 0 Å². The predicted molar refractivity (Wildman–Crippen MR) is 228 cm³/mol. The molecule has 0 bridgehead atoms. The summed E-state index contributed by atoms with van der Waals surface area (Å²) in [4.78, 5) is 0. The fourth-order valence-electron chi connectivity index (χ4n) is 6.82. The molecule has 1 aliphatic rings. The summed E-state index contributed by atoms with van der Waals surface area (Å²) in [5, 5.41) is 6.16. The van der Waals surface area contributed by atoms with Crippen LogP contribution in [0, 0.1) is 6.08 Å². The number of halogens is 1. The fourth-order valence-corrected chi connectivity index (χ4v) is 7.80. The summed E-state index contributed by atoms with van der Waals surface area (Å²) in [6.45, 7) is 13.9. The number of fused-ring (bicyclic) bond motifs is 3. The van der Waals surface area contributed by atoms with E-state index in [4.69, 9.17) is 11.6 Å². The molecule has 7 aromatic carbocycles. The minimum atomic E-state index is 0.0554. The van der Waals surface area contributed by atoms with E-state index in [9.17, 15) is 0 Å². The third-order valence-corrected chi connectivity index (χ3v) is 11.2. The van der Waals surface area contributed by atoms with Gasteiger partial charge in [0, 0.05) is 0 Å². The summed E-state index contributed by atoms with van der Waals surface area (Å²) in [5.41, 5.74) is 10.7. The second kappa shape index (κ2) is 16.8. The van der Waals surface area contributed by atoms with Gasteiger partial charge in [0.1, 0.15) is 0 Å². The number of rotatable bonds is 4. The summed E-state index contributed by atoms with van der Waals surface area (Å²) >= 11 is 7.38. The summed E-state index contributed by atoms with van der Waals surface area (Å²) in [6, 6.07) is 52.1. The van der Waals surface area contributed by atoms with Gasteiger partial charge in [-0.25, -0.2) is 12.2 Å². The molecule has 0 radical (unpaired) electrons. The van der Waals surface area contributed by atoms with Crippen molar-refractivity contribution in [3.8, 4) is 22.3 Å². The van der Waals surface area contributed by atoms with E-state index < -0.39 is 0 Å². The summed E-state index contributed by atoms with van der Waals surface area (Å²) in [7, 11) is 0. The van der Waals surface area contributed by atoms with Crippen LogP contribution in [0.5, 0.6) is 0 Å². The van der Waals surface area contributed by atoms with Crippen molar-refractivity contribution in [3.05, 3.63) is 197 Å². The third kappa shape index (κ3) is 9.45.